The van der Waals surface area contributed by atoms with E-state index in [0.717, 1.165) is 17.7 Å². The Balaban J connectivity index is 1.85. The summed E-state index contributed by atoms with van der Waals surface area (Å²) in [6.07, 6.45) is 3.30. The molecule has 1 saturated carbocycles. The van der Waals surface area contributed by atoms with Gasteiger partial charge in [-0.25, -0.2) is 4.79 Å². The highest BCUT2D eigenvalue weighted by Crippen LogP contribution is 2.35. The highest BCUT2D eigenvalue weighted by molar-refractivity contribution is 7.16. The number of H-pyrrole nitrogens is 1. The number of aromatic amines is 1. The lowest BCUT2D eigenvalue weighted by Gasteiger charge is -2.19. The van der Waals surface area contributed by atoms with Crippen LogP contribution in [0.3, 0.4) is 0 Å². The molecule has 7 nitrogen and oxygen atoms in total. The molecule has 9 heteroatoms. The van der Waals surface area contributed by atoms with E-state index in [-0.39, 0.29) is 24.0 Å². The number of nitrogen functional groups attached to an aromatic ring is 1. The van der Waals surface area contributed by atoms with Crippen LogP contribution in [0.25, 0.3) is 0 Å². The van der Waals surface area contributed by atoms with Crippen molar-refractivity contribution < 1.29 is 4.79 Å². The number of aromatic nitrogens is 2. The minimum absolute atomic E-state index is 0.0162. The van der Waals surface area contributed by atoms with Gasteiger partial charge in [0.25, 0.3) is 5.56 Å². The number of rotatable bonds is 8. The molecule has 138 valence electrons. The number of carbonyl (C=O) groups is 1. The van der Waals surface area contributed by atoms with Crippen LogP contribution in [0.4, 0.5) is 5.82 Å². The molecule has 0 unspecified atom stereocenters. The quantitative estimate of drug-likeness (QED) is 0.527. The van der Waals surface area contributed by atoms with Gasteiger partial charge in [0.2, 0.25) is 0 Å². The molecule has 0 radical (unpaired) electrons. The van der Waals surface area contributed by atoms with E-state index in [9.17, 15) is 14.4 Å². The lowest BCUT2D eigenvalue weighted by Crippen LogP contribution is -2.39. The number of anilines is 1. The minimum Gasteiger partial charge on any atom is -0.384 e. The van der Waals surface area contributed by atoms with E-state index < -0.39 is 17.0 Å². The topological polar surface area (TPSA) is 101 Å². The summed E-state index contributed by atoms with van der Waals surface area (Å²) in [5, 5.41) is 0. The molecule has 3 rings (SSSR count). The van der Waals surface area contributed by atoms with Crippen molar-refractivity contribution in [2.24, 2.45) is 0 Å². The number of nitrogens with one attached hydrogen (secondary N) is 1. The van der Waals surface area contributed by atoms with E-state index >= 15 is 0 Å². The SMILES string of the molecule is C=CCN(CC(=O)c1c(N)n(C2CC2)c(=O)[nH]c1=O)Cc1ccc(Cl)s1. The van der Waals surface area contributed by atoms with Gasteiger partial charge in [0.1, 0.15) is 11.4 Å². The van der Waals surface area contributed by atoms with E-state index in [0.29, 0.717) is 17.4 Å². The predicted octanol–water partition coefficient (Wildman–Crippen LogP) is 2.04. The van der Waals surface area contributed by atoms with Crippen molar-refractivity contribution in [2.45, 2.75) is 25.4 Å². The molecule has 1 aliphatic carbocycles. The first-order valence-electron chi connectivity index (χ1n) is 8.15. The van der Waals surface area contributed by atoms with Crippen LogP contribution in [0.1, 0.15) is 34.1 Å². The number of carbonyl (C=O) groups excluding carboxylic acids is 1. The maximum absolute atomic E-state index is 12.8. The highest BCUT2D eigenvalue weighted by Gasteiger charge is 2.30. The summed E-state index contributed by atoms with van der Waals surface area (Å²) in [5.41, 5.74) is 4.53. The summed E-state index contributed by atoms with van der Waals surface area (Å²) in [6, 6.07) is 3.65. The molecule has 1 aliphatic rings. The molecule has 0 amide bonds. The van der Waals surface area contributed by atoms with Crippen molar-refractivity contribution >= 4 is 34.5 Å². The Labute approximate surface area is 158 Å². The number of ketones is 1. The minimum atomic E-state index is -0.743. The first-order chi connectivity index (χ1) is 12.4. The second-order valence-electron chi connectivity index (χ2n) is 6.21. The van der Waals surface area contributed by atoms with Crippen LogP contribution in [0, 0.1) is 0 Å². The summed E-state index contributed by atoms with van der Waals surface area (Å²) in [4.78, 5) is 41.9. The molecule has 0 saturated heterocycles. The molecule has 1 fully saturated rings. The summed E-state index contributed by atoms with van der Waals surface area (Å²) < 4.78 is 1.98. The fourth-order valence-electron chi connectivity index (χ4n) is 2.84. The van der Waals surface area contributed by atoms with Crippen molar-refractivity contribution in [2.75, 3.05) is 18.8 Å². The fourth-order valence-corrected chi connectivity index (χ4v) is 3.97. The third-order valence-electron chi connectivity index (χ3n) is 4.14. The third kappa shape index (κ3) is 3.98. The van der Waals surface area contributed by atoms with Gasteiger partial charge in [-0.3, -0.25) is 24.0 Å². The summed E-state index contributed by atoms with van der Waals surface area (Å²) in [7, 11) is 0. The van der Waals surface area contributed by atoms with Crippen molar-refractivity contribution in [3.05, 3.63) is 60.4 Å². The molecular formula is C17H19ClN4O3S. The number of thiophene rings is 1. The molecule has 0 bridgehead atoms. The number of halogens is 1. The van der Waals surface area contributed by atoms with Gasteiger partial charge in [-0.05, 0) is 25.0 Å². The maximum Gasteiger partial charge on any atom is 0.330 e. The van der Waals surface area contributed by atoms with Gasteiger partial charge in [-0.1, -0.05) is 17.7 Å². The van der Waals surface area contributed by atoms with Gasteiger partial charge in [-0.15, -0.1) is 17.9 Å². The van der Waals surface area contributed by atoms with Crippen LogP contribution in [0.5, 0.6) is 0 Å². The molecule has 0 atom stereocenters. The predicted molar refractivity (Wildman–Crippen MR) is 103 cm³/mol. The molecule has 0 spiro atoms. The Morgan fingerprint density at radius 2 is 2.19 bits per heavy atom. The number of nitrogens with two attached hydrogens (primary N) is 1. The second-order valence-corrected chi connectivity index (χ2v) is 8.01. The Morgan fingerprint density at radius 1 is 1.46 bits per heavy atom. The molecular weight excluding hydrogens is 376 g/mol. The van der Waals surface area contributed by atoms with Gasteiger partial charge in [0.15, 0.2) is 5.78 Å². The van der Waals surface area contributed by atoms with Crippen LogP contribution in [0.15, 0.2) is 34.4 Å². The largest absolute Gasteiger partial charge is 0.384 e. The lowest BCUT2D eigenvalue weighted by molar-refractivity contribution is 0.0933. The van der Waals surface area contributed by atoms with E-state index in [1.807, 2.05) is 11.0 Å². The van der Waals surface area contributed by atoms with E-state index in [4.69, 9.17) is 17.3 Å². The van der Waals surface area contributed by atoms with E-state index in [1.54, 1.807) is 12.1 Å². The molecule has 2 aromatic rings. The van der Waals surface area contributed by atoms with Gasteiger partial charge >= 0.3 is 5.69 Å². The average Bonchev–Trinajstić information content (AvgIpc) is 3.29. The number of hydrogen-bond acceptors (Lipinski definition) is 6. The normalized spacial score (nSPS) is 13.9. The van der Waals surface area contributed by atoms with Crippen molar-refractivity contribution in [3.8, 4) is 0 Å². The van der Waals surface area contributed by atoms with Crippen LogP contribution in [0.2, 0.25) is 4.34 Å². The van der Waals surface area contributed by atoms with Crippen LogP contribution >= 0.6 is 22.9 Å². The standard InChI is InChI=1S/C17H19ClN4O3S/c1-2-7-21(8-11-5-6-13(18)26-11)9-12(23)14-15(19)22(10-3-4-10)17(25)20-16(14)24/h2,5-6,10H,1,3-4,7-9,19H2,(H,20,24,25). The smallest absolute Gasteiger partial charge is 0.330 e. The number of nitrogens with zero attached hydrogens (tertiary/aromatic N) is 2. The Hall–Kier alpha value is -2.16. The van der Waals surface area contributed by atoms with E-state index in [2.05, 4.69) is 11.6 Å². The first-order valence-corrected chi connectivity index (χ1v) is 9.35. The molecule has 26 heavy (non-hydrogen) atoms. The zero-order valence-electron chi connectivity index (χ0n) is 14.0. The average molecular weight is 395 g/mol. The van der Waals surface area contributed by atoms with Crippen molar-refractivity contribution in [1.82, 2.24) is 14.5 Å². The Kier molecular flexibility index (Phi) is 5.45. The fraction of sp³-hybridized carbons (Fsp3) is 0.353. The van der Waals surface area contributed by atoms with Crippen molar-refractivity contribution in [3.63, 3.8) is 0 Å². The monoisotopic (exact) mass is 394 g/mol. The number of hydrogen-bond donors (Lipinski definition) is 2. The molecule has 3 N–H and O–H groups in total. The summed E-state index contributed by atoms with van der Waals surface area (Å²) in [6.45, 7) is 4.64. The molecule has 0 aromatic carbocycles. The van der Waals surface area contributed by atoms with Crippen molar-refractivity contribution in [1.29, 1.82) is 0 Å². The molecule has 0 aliphatic heterocycles. The maximum atomic E-state index is 12.8. The van der Waals surface area contributed by atoms with Gasteiger partial charge in [-0.2, -0.15) is 0 Å². The molecule has 2 aromatic heterocycles. The van der Waals surface area contributed by atoms with Crippen LogP contribution in [-0.2, 0) is 6.54 Å². The van der Waals surface area contributed by atoms with Gasteiger partial charge in [0, 0.05) is 24.0 Å². The third-order valence-corrected chi connectivity index (χ3v) is 5.35. The molecule has 2 heterocycles. The Bertz CT molecular complexity index is 958. The zero-order chi connectivity index (χ0) is 18.8. The van der Waals surface area contributed by atoms with Gasteiger partial charge < -0.3 is 5.73 Å². The first kappa shape index (κ1) is 18.6. The lowest BCUT2D eigenvalue weighted by atomic mass is 10.1. The highest BCUT2D eigenvalue weighted by atomic mass is 35.5. The van der Waals surface area contributed by atoms with Gasteiger partial charge in [0.05, 0.1) is 10.9 Å². The van der Waals surface area contributed by atoms with Crippen LogP contribution in [-0.4, -0.2) is 33.3 Å². The summed E-state index contributed by atoms with van der Waals surface area (Å²) in [5.74, 6) is -0.480. The van der Waals surface area contributed by atoms with E-state index in [1.165, 1.54) is 15.9 Å². The Morgan fingerprint density at radius 3 is 2.77 bits per heavy atom. The van der Waals surface area contributed by atoms with Crippen LogP contribution < -0.4 is 17.0 Å². The zero-order valence-corrected chi connectivity index (χ0v) is 15.6. The second kappa shape index (κ2) is 7.61. The number of Topliss-reactive ketones (excluding diaryl/α,β-unsaturated/α-hetero) is 1. The summed E-state index contributed by atoms with van der Waals surface area (Å²) >= 11 is 7.38.